The summed E-state index contributed by atoms with van der Waals surface area (Å²) in [6, 6.07) is 0. The van der Waals surface area contributed by atoms with Crippen molar-refractivity contribution in [3.8, 4) is 0 Å². The van der Waals surface area contributed by atoms with Crippen LogP contribution in [-0.2, 0) is 10.2 Å². The Balaban J connectivity index is 2.54. The summed E-state index contributed by atoms with van der Waals surface area (Å²) in [7, 11) is -3.41. The molecule has 1 fully saturated rings. The van der Waals surface area contributed by atoms with Crippen LogP contribution in [-0.4, -0.2) is 43.1 Å². The summed E-state index contributed by atoms with van der Waals surface area (Å²) in [5.74, 6) is 0. The zero-order valence-electron chi connectivity index (χ0n) is 10.8. The summed E-state index contributed by atoms with van der Waals surface area (Å²) in [6.07, 6.45) is 4.04. The van der Waals surface area contributed by atoms with Gasteiger partial charge in [0.2, 0.25) is 0 Å². The second-order valence-electron chi connectivity index (χ2n) is 4.72. The molecule has 0 aromatic rings. The molecular formula is C11H24N2O3S. The van der Waals surface area contributed by atoms with Crippen LogP contribution in [0.3, 0.4) is 0 Å². The molecule has 2 N–H and O–H groups in total. The maximum atomic E-state index is 12.0. The number of aliphatic hydroxyl groups is 1. The van der Waals surface area contributed by atoms with Crippen molar-refractivity contribution in [2.75, 3.05) is 19.6 Å². The molecule has 5 nitrogen and oxygen atoms in total. The summed E-state index contributed by atoms with van der Waals surface area (Å²) < 4.78 is 27.9. The van der Waals surface area contributed by atoms with Gasteiger partial charge in [0, 0.05) is 19.6 Å². The van der Waals surface area contributed by atoms with Crippen molar-refractivity contribution in [2.24, 2.45) is 0 Å². The lowest BCUT2D eigenvalue weighted by molar-refractivity contribution is 0.0373. The molecule has 0 aromatic heterocycles. The Morgan fingerprint density at radius 3 is 2.18 bits per heavy atom. The van der Waals surface area contributed by atoms with E-state index in [9.17, 15) is 13.5 Å². The van der Waals surface area contributed by atoms with Gasteiger partial charge in [0.05, 0.1) is 5.60 Å². The molecule has 0 saturated carbocycles. The molecular weight excluding hydrogens is 240 g/mol. The molecule has 102 valence electrons. The lowest BCUT2D eigenvalue weighted by Crippen LogP contribution is -2.49. The van der Waals surface area contributed by atoms with Crippen LogP contribution in [0.1, 0.15) is 46.0 Å². The maximum Gasteiger partial charge on any atom is 0.279 e. The minimum atomic E-state index is -3.41. The Bertz CT molecular complexity index is 320. The van der Waals surface area contributed by atoms with E-state index < -0.39 is 15.8 Å². The predicted octanol–water partition coefficient (Wildman–Crippen LogP) is 0.858. The third kappa shape index (κ3) is 4.21. The molecule has 17 heavy (non-hydrogen) atoms. The standard InChI is InChI=1S/C11H24N2O3S/c1-3-11(14,4-2)10-12-17(15,16)13-8-6-5-7-9-13/h12,14H,3-10H2,1-2H3. The zero-order valence-corrected chi connectivity index (χ0v) is 11.6. The van der Waals surface area contributed by atoms with Gasteiger partial charge in [-0.15, -0.1) is 0 Å². The van der Waals surface area contributed by atoms with Crippen LogP contribution in [0, 0.1) is 0 Å². The van der Waals surface area contributed by atoms with Gasteiger partial charge in [-0.05, 0) is 25.7 Å². The SMILES string of the molecule is CCC(O)(CC)CNS(=O)(=O)N1CCCCC1. The van der Waals surface area contributed by atoms with Crippen LogP contribution < -0.4 is 4.72 Å². The lowest BCUT2D eigenvalue weighted by atomic mass is 9.98. The number of piperidine rings is 1. The number of rotatable bonds is 6. The Labute approximate surface area is 104 Å². The van der Waals surface area contributed by atoms with Crippen molar-refractivity contribution in [1.82, 2.24) is 9.03 Å². The highest BCUT2D eigenvalue weighted by Gasteiger charge is 2.28. The van der Waals surface area contributed by atoms with Crippen LogP contribution in [0.4, 0.5) is 0 Å². The van der Waals surface area contributed by atoms with Crippen molar-refractivity contribution in [3.63, 3.8) is 0 Å². The van der Waals surface area contributed by atoms with Crippen molar-refractivity contribution in [2.45, 2.75) is 51.6 Å². The minimum Gasteiger partial charge on any atom is -0.389 e. The van der Waals surface area contributed by atoms with Crippen molar-refractivity contribution in [1.29, 1.82) is 0 Å². The summed E-state index contributed by atoms with van der Waals surface area (Å²) in [5.41, 5.74) is -0.928. The average molecular weight is 264 g/mol. The molecule has 6 heteroatoms. The summed E-state index contributed by atoms with van der Waals surface area (Å²) >= 11 is 0. The molecule has 0 atom stereocenters. The van der Waals surface area contributed by atoms with Crippen molar-refractivity contribution in [3.05, 3.63) is 0 Å². The van der Waals surface area contributed by atoms with Gasteiger partial charge in [0.15, 0.2) is 0 Å². The Hall–Kier alpha value is -0.170. The Kier molecular flexibility index (Phi) is 5.37. The normalized spacial score (nSPS) is 19.5. The largest absolute Gasteiger partial charge is 0.389 e. The highest BCUT2D eigenvalue weighted by molar-refractivity contribution is 7.87. The first kappa shape index (κ1) is 14.9. The van der Waals surface area contributed by atoms with E-state index in [2.05, 4.69) is 4.72 Å². The van der Waals surface area contributed by atoms with Crippen LogP contribution >= 0.6 is 0 Å². The summed E-state index contributed by atoms with van der Waals surface area (Å²) in [5, 5.41) is 10.0. The molecule has 1 aliphatic rings. The Morgan fingerprint density at radius 1 is 1.18 bits per heavy atom. The fraction of sp³-hybridized carbons (Fsp3) is 1.00. The van der Waals surface area contributed by atoms with E-state index in [0.717, 1.165) is 19.3 Å². The molecule has 0 aromatic carbocycles. The van der Waals surface area contributed by atoms with E-state index in [-0.39, 0.29) is 6.54 Å². The molecule has 1 aliphatic heterocycles. The lowest BCUT2D eigenvalue weighted by Gasteiger charge is -2.29. The van der Waals surface area contributed by atoms with Gasteiger partial charge in [-0.3, -0.25) is 0 Å². The Morgan fingerprint density at radius 2 is 1.71 bits per heavy atom. The molecule has 0 aliphatic carbocycles. The molecule has 1 heterocycles. The van der Waals surface area contributed by atoms with E-state index in [1.807, 2.05) is 13.8 Å². The molecule has 0 bridgehead atoms. The van der Waals surface area contributed by atoms with Gasteiger partial charge in [-0.1, -0.05) is 20.3 Å². The number of hydrogen-bond acceptors (Lipinski definition) is 3. The maximum absolute atomic E-state index is 12.0. The van der Waals surface area contributed by atoms with Crippen LogP contribution in [0.25, 0.3) is 0 Å². The first-order chi connectivity index (χ1) is 7.93. The van der Waals surface area contributed by atoms with Crippen LogP contribution in [0.2, 0.25) is 0 Å². The van der Waals surface area contributed by atoms with Crippen LogP contribution in [0.5, 0.6) is 0 Å². The topological polar surface area (TPSA) is 69.6 Å². The molecule has 1 rings (SSSR count). The van der Waals surface area contributed by atoms with Gasteiger partial charge in [0.25, 0.3) is 10.2 Å². The first-order valence-electron chi connectivity index (χ1n) is 6.40. The second kappa shape index (κ2) is 6.13. The number of nitrogens with one attached hydrogen (secondary N) is 1. The van der Waals surface area contributed by atoms with E-state index in [4.69, 9.17) is 0 Å². The van der Waals surface area contributed by atoms with Gasteiger partial charge in [0.1, 0.15) is 0 Å². The highest BCUT2D eigenvalue weighted by Crippen LogP contribution is 2.15. The molecule has 0 amide bonds. The third-order valence-electron chi connectivity index (χ3n) is 3.55. The summed E-state index contributed by atoms with van der Waals surface area (Å²) in [6.45, 7) is 4.99. The van der Waals surface area contributed by atoms with Gasteiger partial charge in [-0.25, -0.2) is 0 Å². The highest BCUT2D eigenvalue weighted by atomic mass is 32.2. The van der Waals surface area contributed by atoms with Gasteiger partial charge < -0.3 is 5.11 Å². The van der Waals surface area contributed by atoms with Gasteiger partial charge in [-0.2, -0.15) is 17.4 Å². The predicted molar refractivity (Wildman–Crippen MR) is 67.9 cm³/mol. The minimum absolute atomic E-state index is 0.0961. The summed E-state index contributed by atoms with van der Waals surface area (Å²) in [4.78, 5) is 0. The van der Waals surface area contributed by atoms with Crippen molar-refractivity contribution >= 4 is 10.2 Å². The van der Waals surface area contributed by atoms with E-state index in [1.54, 1.807) is 0 Å². The first-order valence-corrected chi connectivity index (χ1v) is 7.84. The third-order valence-corrected chi connectivity index (χ3v) is 5.11. The number of nitrogens with zero attached hydrogens (tertiary/aromatic N) is 1. The smallest absolute Gasteiger partial charge is 0.279 e. The fourth-order valence-electron chi connectivity index (χ4n) is 1.92. The van der Waals surface area contributed by atoms with E-state index in [0.29, 0.717) is 25.9 Å². The second-order valence-corrected chi connectivity index (χ2v) is 6.47. The van der Waals surface area contributed by atoms with E-state index >= 15 is 0 Å². The monoisotopic (exact) mass is 264 g/mol. The van der Waals surface area contributed by atoms with E-state index in [1.165, 1.54) is 4.31 Å². The molecule has 0 radical (unpaired) electrons. The van der Waals surface area contributed by atoms with Crippen LogP contribution in [0.15, 0.2) is 0 Å². The quantitative estimate of drug-likeness (QED) is 0.747. The zero-order chi connectivity index (χ0) is 12.9. The molecule has 0 unspecified atom stereocenters. The fourth-order valence-corrected chi connectivity index (χ4v) is 3.29. The van der Waals surface area contributed by atoms with Gasteiger partial charge >= 0.3 is 0 Å². The van der Waals surface area contributed by atoms with Crippen molar-refractivity contribution < 1.29 is 13.5 Å². The number of hydrogen-bond donors (Lipinski definition) is 2. The molecule has 1 saturated heterocycles. The average Bonchev–Trinajstić information content (AvgIpc) is 2.37. The molecule has 0 spiro atoms.